The largest absolute Gasteiger partial charge is 0.262 e. The zero-order chi connectivity index (χ0) is 14.9. The molecular formula is C11H9ClN4O2S3. The highest BCUT2D eigenvalue weighted by molar-refractivity contribution is 7.91. The number of sulfonamides is 1. The van der Waals surface area contributed by atoms with Gasteiger partial charge < -0.3 is 0 Å². The number of nitrogens with zero attached hydrogens (tertiary/aromatic N) is 2. The third-order valence-electron chi connectivity index (χ3n) is 2.52. The van der Waals surface area contributed by atoms with Crippen molar-refractivity contribution in [1.82, 2.24) is 19.9 Å². The first-order valence-electron chi connectivity index (χ1n) is 5.75. The molecule has 0 aliphatic carbocycles. The number of rotatable bonds is 5. The lowest BCUT2D eigenvalue weighted by molar-refractivity contribution is 0.581. The lowest BCUT2D eigenvalue weighted by atomic mass is 10.4. The van der Waals surface area contributed by atoms with E-state index in [1.165, 1.54) is 17.4 Å². The maximum absolute atomic E-state index is 12.0. The third kappa shape index (κ3) is 3.33. The van der Waals surface area contributed by atoms with Crippen LogP contribution in [0.3, 0.4) is 0 Å². The average Bonchev–Trinajstić information content (AvgIpc) is 3.17. The van der Waals surface area contributed by atoms with Crippen LogP contribution in [0.5, 0.6) is 0 Å². The topological polar surface area (TPSA) is 87.7 Å². The van der Waals surface area contributed by atoms with E-state index in [0.29, 0.717) is 16.0 Å². The van der Waals surface area contributed by atoms with E-state index in [4.69, 9.17) is 11.6 Å². The van der Waals surface area contributed by atoms with Crippen molar-refractivity contribution in [1.29, 1.82) is 0 Å². The van der Waals surface area contributed by atoms with Crippen LogP contribution in [0, 0.1) is 0 Å². The lowest BCUT2D eigenvalue weighted by Gasteiger charge is -2.01. The molecule has 110 valence electrons. The van der Waals surface area contributed by atoms with Crippen molar-refractivity contribution >= 4 is 44.3 Å². The van der Waals surface area contributed by atoms with Gasteiger partial charge in [-0.05, 0) is 23.6 Å². The minimum atomic E-state index is -3.58. The molecule has 2 N–H and O–H groups in total. The SMILES string of the molecule is O=S(=O)(NCc1nc(-c2cccs2)n[nH]1)c1ccc(Cl)s1. The molecule has 0 unspecified atom stereocenters. The summed E-state index contributed by atoms with van der Waals surface area (Å²) in [5.74, 6) is 1.00. The summed E-state index contributed by atoms with van der Waals surface area (Å²) in [7, 11) is -3.58. The molecular weight excluding hydrogens is 352 g/mol. The van der Waals surface area contributed by atoms with Gasteiger partial charge in [-0.15, -0.1) is 22.7 Å². The first-order chi connectivity index (χ1) is 10.0. The molecule has 3 heterocycles. The molecule has 0 atom stereocenters. The number of H-pyrrole nitrogens is 1. The second kappa shape index (κ2) is 5.85. The van der Waals surface area contributed by atoms with Gasteiger partial charge in [0.05, 0.1) is 15.8 Å². The van der Waals surface area contributed by atoms with Gasteiger partial charge in [-0.1, -0.05) is 17.7 Å². The maximum atomic E-state index is 12.0. The normalized spacial score (nSPS) is 11.9. The smallest absolute Gasteiger partial charge is 0.250 e. The average molecular weight is 361 g/mol. The van der Waals surface area contributed by atoms with E-state index in [9.17, 15) is 8.42 Å². The molecule has 3 aromatic heterocycles. The van der Waals surface area contributed by atoms with E-state index in [1.54, 1.807) is 6.07 Å². The molecule has 21 heavy (non-hydrogen) atoms. The highest BCUT2D eigenvalue weighted by atomic mass is 35.5. The Morgan fingerprint density at radius 3 is 2.86 bits per heavy atom. The van der Waals surface area contributed by atoms with Gasteiger partial charge >= 0.3 is 0 Å². The van der Waals surface area contributed by atoms with Gasteiger partial charge in [0.15, 0.2) is 5.82 Å². The quantitative estimate of drug-likeness (QED) is 0.732. The van der Waals surface area contributed by atoms with Crippen molar-refractivity contribution in [2.24, 2.45) is 0 Å². The number of halogens is 1. The van der Waals surface area contributed by atoms with Crippen LogP contribution in [0.1, 0.15) is 5.82 Å². The lowest BCUT2D eigenvalue weighted by Crippen LogP contribution is -2.23. The Kier molecular flexibility index (Phi) is 4.09. The molecule has 0 aliphatic rings. The van der Waals surface area contributed by atoms with Crippen molar-refractivity contribution in [3.63, 3.8) is 0 Å². The monoisotopic (exact) mass is 360 g/mol. The fourth-order valence-electron chi connectivity index (χ4n) is 1.57. The highest BCUT2D eigenvalue weighted by Crippen LogP contribution is 2.25. The summed E-state index contributed by atoms with van der Waals surface area (Å²) in [4.78, 5) is 5.17. The van der Waals surface area contributed by atoms with Crippen molar-refractivity contribution in [2.75, 3.05) is 0 Å². The second-order valence-electron chi connectivity index (χ2n) is 3.97. The predicted octanol–water partition coefficient (Wildman–Crippen LogP) is 2.73. The van der Waals surface area contributed by atoms with Crippen molar-refractivity contribution in [2.45, 2.75) is 10.8 Å². The van der Waals surface area contributed by atoms with Gasteiger partial charge in [0.25, 0.3) is 10.0 Å². The summed E-state index contributed by atoms with van der Waals surface area (Å²) in [6.07, 6.45) is 0. The van der Waals surface area contributed by atoms with E-state index >= 15 is 0 Å². The summed E-state index contributed by atoms with van der Waals surface area (Å²) >= 11 is 8.26. The number of thiophene rings is 2. The van der Waals surface area contributed by atoms with Gasteiger partial charge in [0.2, 0.25) is 0 Å². The molecule has 0 aromatic carbocycles. The first-order valence-corrected chi connectivity index (χ1v) is 9.30. The third-order valence-corrected chi connectivity index (χ3v) is 6.51. The number of aromatic nitrogens is 3. The van der Waals surface area contributed by atoms with Gasteiger partial charge in [-0.25, -0.2) is 18.1 Å². The van der Waals surface area contributed by atoms with E-state index in [1.807, 2.05) is 17.5 Å². The molecule has 10 heteroatoms. The Bertz CT molecular complexity index is 839. The number of nitrogens with one attached hydrogen (secondary N) is 2. The van der Waals surface area contributed by atoms with Crippen LogP contribution in [0.25, 0.3) is 10.7 Å². The maximum Gasteiger partial charge on any atom is 0.250 e. The molecule has 0 aliphatic heterocycles. The zero-order valence-electron chi connectivity index (χ0n) is 10.4. The molecule has 0 spiro atoms. The fourth-order valence-corrected chi connectivity index (χ4v) is 4.74. The Morgan fingerprint density at radius 2 is 2.19 bits per heavy atom. The van der Waals surface area contributed by atoms with E-state index < -0.39 is 10.0 Å². The molecule has 0 radical (unpaired) electrons. The Labute approximate surface area is 133 Å². The van der Waals surface area contributed by atoms with Crippen LogP contribution >= 0.6 is 34.3 Å². The minimum absolute atomic E-state index is 0.0379. The van der Waals surface area contributed by atoms with Gasteiger partial charge in [0.1, 0.15) is 10.0 Å². The molecule has 0 fully saturated rings. The van der Waals surface area contributed by atoms with Crippen LogP contribution in [0.15, 0.2) is 33.9 Å². The Morgan fingerprint density at radius 1 is 1.33 bits per heavy atom. The van der Waals surface area contributed by atoms with Gasteiger partial charge in [-0.2, -0.15) is 5.10 Å². The van der Waals surface area contributed by atoms with Crippen molar-refractivity contribution < 1.29 is 8.42 Å². The van der Waals surface area contributed by atoms with Crippen LogP contribution < -0.4 is 4.72 Å². The zero-order valence-corrected chi connectivity index (χ0v) is 13.6. The molecule has 3 aromatic rings. The molecule has 0 saturated carbocycles. The van der Waals surface area contributed by atoms with Crippen LogP contribution in [0.4, 0.5) is 0 Å². The minimum Gasteiger partial charge on any atom is -0.262 e. The fraction of sp³-hybridized carbons (Fsp3) is 0.0909. The summed E-state index contributed by atoms with van der Waals surface area (Å²) in [5, 5.41) is 8.70. The summed E-state index contributed by atoms with van der Waals surface area (Å²) in [6.45, 7) is 0.0379. The van der Waals surface area contributed by atoms with Crippen molar-refractivity contribution in [3.05, 3.63) is 39.8 Å². The summed E-state index contributed by atoms with van der Waals surface area (Å²) in [5.41, 5.74) is 0. The van der Waals surface area contributed by atoms with Crippen molar-refractivity contribution in [3.8, 4) is 10.7 Å². The molecule has 6 nitrogen and oxygen atoms in total. The van der Waals surface area contributed by atoms with E-state index in [-0.39, 0.29) is 10.8 Å². The Hall–Kier alpha value is -1.26. The van der Waals surface area contributed by atoms with Gasteiger partial charge in [0, 0.05) is 0 Å². The number of hydrogen-bond donors (Lipinski definition) is 2. The van der Waals surface area contributed by atoms with E-state index in [2.05, 4.69) is 19.9 Å². The van der Waals surface area contributed by atoms with E-state index in [0.717, 1.165) is 16.2 Å². The highest BCUT2D eigenvalue weighted by Gasteiger charge is 2.17. The molecule has 0 saturated heterocycles. The predicted molar refractivity (Wildman–Crippen MR) is 83.1 cm³/mol. The molecule has 0 amide bonds. The Balaban J connectivity index is 1.71. The standard InChI is InChI=1S/C11H9ClN4O2S3/c12-8-3-4-10(20-8)21(17,18)13-6-9-14-11(16-15-9)7-2-1-5-19-7/h1-5,13H,6H2,(H,14,15,16). The van der Waals surface area contributed by atoms with Crippen LogP contribution in [0.2, 0.25) is 4.34 Å². The summed E-state index contributed by atoms with van der Waals surface area (Å²) in [6, 6.07) is 6.81. The number of hydrogen-bond acceptors (Lipinski definition) is 6. The van der Waals surface area contributed by atoms with Crippen LogP contribution in [-0.2, 0) is 16.6 Å². The molecule has 3 rings (SSSR count). The first kappa shape index (κ1) is 14.7. The second-order valence-corrected chi connectivity index (χ2v) is 8.62. The summed E-state index contributed by atoms with van der Waals surface area (Å²) < 4.78 is 27.1. The van der Waals surface area contributed by atoms with Crippen LogP contribution in [-0.4, -0.2) is 23.6 Å². The van der Waals surface area contributed by atoms with Gasteiger partial charge in [-0.3, -0.25) is 5.10 Å². The molecule has 0 bridgehead atoms. The number of aromatic amines is 1.